The van der Waals surface area contributed by atoms with Crippen molar-refractivity contribution in [2.24, 2.45) is 13.0 Å². The van der Waals surface area contributed by atoms with Gasteiger partial charge in [-0.1, -0.05) is 30.9 Å². The lowest BCUT2D eigenvalue weighted by atomic mass is 9.83. The molecule has 1 aromatic heterocycles. The zero-order chi connectivity index (χ0) is 15.4. The fourth-order valence-electron chi connectivity index (χ4n) is 3.25. The number of nitrogens with zero attached hydrogens (tertiary/aromatic N) is 2. The van der Waals surface area contributed by atoms with Crippen LogP contribution in [0.1, 0.15) is 50.4 Å². The van der Waals surface area contributed by atoms with Crippen molar-refractivity contribution in [3.63, 3.8) is 0 Å². The Morgan fingerprint density at radius 2 is 2.10 bits per heavy atom. The molecule has 0 radical (unpaired) electrons. The molecule has 0 N–H and O–H groups in total. The third-order valence-corrected chi connectivity index (χ3v) is 4.84. The van der Waals surface area contributed by atoms with E-state index in [4.69, 9.17) is 16.3 Å². The summed E-state index contributed by atoms with van der Waals surface area (Å²) in [5.74, 6) is 0.493. The summed E-state index contributed by atoms with van der Waals surface area (Å²) in [4.78, 5) is 12.7. The molecule has 118 valence electrons. The highest BCUT2D eigenvalue weighted by molar-refractivity contribution is 6.32. The molecule has 1 unspecified atom stereocenters. The number of hydrogen-bond donors (Lipinski definition) is 0. The molecule has 0 aromatic carbocycles. The highest BCUT2D eigenvalue weighted by atomic mass is 35.5. The molecule has 0 bridgehead atoms. The van der Waals surface area contributed by atoms with E-state index in [0.717, 1.165) is 24.2 Å². The van der Waals surface area contributed by atoms with Crippen molar-refractivity contribution in [1.82, 2.24) is 9.78 Å². The second-order valence-electron chi connectivity index (χ2n) is 5.89. The van der Waals surface area contributed by atoms with Crippen molar-refractivity contribution in [1.29, 1.82) is 0 Å². The lowest BCUT2D eigenvalue weighted by Crippen LogP contribution is -2.35. The van der Waals surface area contributed by atoms with E-state index in [0.29, 0.717) is 24.0 Å². The Morgan fingerprint density at radius 1 is 1.43 bits per heavy atom. The van der Waals surface area contributed by atoms with Crippen molar-refractivity contribution in [3.05, 3.63) is 16.4 Å². The van der Waals surface area contributed by atoms with Gasteiger partial charge in [0, 0.05) is 13.7 Å². The smallest absolute Gasteiger partial charge is 0.167 e. The van der Waals surface area contributed by atoms with E-state index in [2.05, 4.69) is 5.10 Å². The van der Waals surface area contributed by atoms with Crippen LogP contribution in [0.25, 0.3) is 0 Å². The molecule has 1 heterocycles. The number of carbonyl (C=O) groups is 1. The Hall–Kier alpha value is -0.870. The average Bonchev–Trinajstić information content (AvgIpc) is 2.72. The number of aryl methyl sites for hydroxylation is 2. The summed E-state index contributed by atoms with van der Waals surface area (Å²) in [6.07, 6.45) is 5.87. The number of ketones is 1. The molecule has 1 atom stereocenters. The van der Waals surface area contributed by atoms with Crippen LogP contribution in [0.4, 0.5) is 0 Å². The van der Waals surface area contributed by atoms with Gasteiger partial charge in [-0.05, 0) is 32.6 Å². The van der Waals surface area contributed by atoms with Crippen molar-refractivity contribution >= 4 is 17.4 Å². The van der Waals surface area contributed by atoms with Gasteiger partial charge in [0.1, 0.15) is 6.10 Å². The van der Waals surface area contributed by atoms with Gasteiger partial charge in [-0.25, -0.2) is 0 Å². The number of Topliss-reactive ketones (excluding diaryl/α,β-unsaturated/α-hetero) is 1. The summed E-state index contributed by atoms with van der Waals surface area (Å²) in [6.45, 7) is 4.38. The number of ether oxygens (including phenoxy) is 1. The summed E-state index contributed by atoms with van der Waals surface area (Å²) < 4.78 is 7.49. The Labute approximate surface area is 131 Å². The Kier molecular flexibility index (Phi) is 5.82. The lowest BCUT2D eigenvalue weighted by Gasteiger charge is -2.29. The SMILES string of the molecule is CCOC(C(=O)Cc1c(Cl)c(C)nn1C)C1CCCCC1. The van der Waals surface area contributed by atoms with E-state index in [1.165, 1.54) is 19.3 Å². The van der Waals surface area contributed by atoms with Gasteiger partial charge < -0.3 is 4.74 Å². The summed E-state index contributed by atoms with van der Waals surface area (Å²) in [5.41, 5.74) is 1.56. The maximum atomic E-state index is 12.7. The summed E-state index contributed by atoms with van der Waals surface area (Å²) in [6, 6.07) is 0. The van der Waals surface area contributed by atoms with E-state index in [1.54, 1.807) is 4.68 Å². The minimum Gasteiger partial charge on any atom is -0.370 e. The van der Waals surface area contributed by atoms with Crippen molar-refractivity contribution in [2.45, 2.75) is 58.5 Å². The molecule has 0 spiro atoms. The topological polar surface area (TPSA) is 44.1 Å². The quantitative estimate of drug-likeness (QED) is 0.807. The standard InChI is InChI=1S/C16H25ClN2O2/c1-4-21-16(12-8-6-5-7-9-12)14(20)10-13-15(17)11(2)18-19(13)3/h12,16H,4-10H2,1-3H3. The zero-order valence-corrected chi connectivity index (χ0v) is 13.9. The molecule has 21 heavy (non-hydrogen) atoms. The number of hydrogen-bond acceptors (Lipinski definition) is 3. The van der Waals surface area contributed by atoms with Crippen molar-refractivity contribution < 1.29 is 9.53 Å². The maximum Gasteiger partial charge on any atom is 0.167 e. The van der Waals surface area contributed by atoms with E-state index in [9.17, 15) is 4.79 Å². The van der Waals surface area contributed by atoms with Crippen LogP contribution in [0.15, 0.2) is 0 Å². The van der Waals surface area contributed by atoms with Gasteiger partial charge in [-0.2, -0.15) is 5.10 Å². The maximum absolute atomic E-state index is 12.7. The van der Waals surface area contributed by atoms with Gasteiger partial charge in [0.15, 0.2) is 5.78 Å². The normalized spacial score (nSPS) is 17.9. The van der Waals surface area contributed by atoms with Gasteiger partial charge in [0.05, 0.1) is 22.8 Å². The Morgan fingerprint density at radius 3 is 2.62 bits per heavy atom. The fourth-order valence-corrected chi connectivity index (χ4v) is 3.47. The Bertz CT molecular complexity index is 493. The molecule has 1 aromatic rings. The zero-order valence-electron chi connectivity index (χ0n) is 13.2. The molecule has 0 amide bonds. The number of aromatic nitrogens is 2. The van der Waals surface area contributed by atoms with Crippen LogP contribution >= 0.6 is 11.6 Å². The van der Waals surface area contributed by atoms with E-state index >= 15 is 0 Å². The first-order valence-corrected chi connectivity index (χ1v) is 8.24. The summed E-state index contributed by atoms with van der Waals surface area (Å²) in [7, 11) is 1.83. The van der Waals surface area contributed by atoms with Gasteiger partial charge in [-0.3, -0.25) is 9.48 Å². The van der Waals surface area contributed by atoms with Gasteiger partial charge >= 0.3 is 0 Å². The molecule has 0 aliphatic heterocycles. The average molecular weight is 313 g/mol. The van der Waals surface area contributed by atoms with E-state index in [1.807, 2.05) is 20.9 Å². The second-order valence-corrected chi connectivity index (χ2v) is 6.26. The first-order chi connectivity index (χ1) is 10.0. The van der Waals surface area contributed by atoms with E-state index in [-0.39, 0.29) is 11.9 Å². The van der Waals surface area contributed by atoms with Gasteiger partial charge in [-0.15, -0.1) is 0 Å². The monoisotopic (exact) mass is 312 g/mol. The minimum atomic E-state index is -0.290. The molecular formula is C16H25ClN2O2. The highest BCUT2D eigenvalue weighted by Gasteiger charge is 2.31. The third-order valence-electron chi connectivity index (χ3n) is 4.34. The number of rotatable bonds is 6. The molecular weight excluding hydrogens is 288 g/mol. The molecule has 5 heteroatoms. The van der Waals surface area contributed by atoms with Crippen molar-refractivity contribution in [2.75, 3.05) is 6.61 Å². The van der Waals surface area contributed by atoms with Crippen molar-refractivity contribution in [3.8, 4) is 0 Å². The number of halogens is 1. The van der Waals surface area contributed by atoms with Crippen LogP contribution in [0, 0.1) is 12.8 Å². The van der Waals surface area contributed by atoms with Crippen LogP contribution in [0.3, 0.4) is 0 Å². The van der Waals surface area contributed by atoms with Crippen LogP contribution < -0.4 is 0 Å². The molecule has 1 saturated carbocycles. The predicted octanol–water partition coefficient (Wildman–Crippen LogP) is 3.48. The fraction of sp³-hybridized carbons (Fsp3) is 0.750. The molecule has 1 aliphatic rings. The lowest BCUT2D eigenvalue weighted by molar-refractivity contribution is -0.134. The highest BCUT2D eigenvalue weighted by Crippen LogP contribution is 2.30. The first kappa shape index (κ1) is 16.5. The first-order valence-electron chi connectivity index (χ1n) is 7.86. The van der Waals surface area contributed by atoms with Crippen LogP contribution in [0.2, 0.25) is 5.02 Å². The largest absolute Gasteiger partial charge is 0.370 e. The van der Waals surface area contributed by atoms with Gasteiger partial charge in [0.25, 0.3) is 0 Å². The minimum absolute atomic E-state index is 0.133. The predicted molar refractivity (Wildman–Crippen MR) is 83.7 cm³/mol. The van der Waals surface area contributed by atoms with E-state index < -0.39 is 0 Å². The molecule has 1 fully saturated rings. The molecule has 0 saturated heterocycles. The van der Waals surface area contributed by atoms with Gasteiger partial charge in [0.2, 0.25) is 0 Å². The molecule has 1 aliphatic carbocycles. The summed E-state index contributed by atoms with van der Waals surface area (Å²) in [5, 5.41) is 4.87. The van der Waals surface area contributed by atoms with Crippen LogP contribution in [-0.4, -0.2) is 28.3 Å². The molecule has 2 rings (SSSR count). The molecule has 4 nitrogen and oxygen atoms in total. The van der Waals surface area contributed by atoms with Crippen LogP contribution in [-0.2, 0) is 23.0 Å². The Balaban J connectivity index is 2.10. The van der Waals surface area contributed by atoms with Crippen LogP contribution in [0.5, 0.6) is 0 Å². The number of carbonyl (C=O) groups excluding carboxylic acids is 1. The third kappa shape index (κ3) is 3.86. The summed E-state index contributed by atoms with van der Waals surface area (Å²) >= 11 is 6.25. The second kappa shape index (κ2) is 7.41.